The molecule has 0 bridgehead atoms. The SMILES string of the molecule is Nc1nc(OC(c2ccc(-c3cccs3)nc2)C(F)(F)F)cc(-c2ccc(C[C@H](N)C(=O)O)cc2)n1. The molecule has 0 saturated heterocycles. The topological polar surface area (TPSA) is 137 Å². The van der Waals surface area contributed by atoms with Crippen LogP contribution in [0.2, 0.25) is 0 Å². The molecule has 1 unspecified atom stereocenters. The highest BCUT2D eigenvalue weighted by Gasteiger charge is 2.43. The zero-order valence-corrected chi connectivity index (χ0v) is 19.3. The predicted molar refractivity (Wildman–Crippen MR) is 128 cm³/mol. The first-order valence-electron chi connectivity index (χ1n) is 10.6. The number of carbonyl (C=O) groups is 1. The van der Waals surface area contributed by atoms with Gasteiger partial charge in [0.25, 0.3) is 0 Å². The molecule has 0 aliphatic rings. The third kappa shape index (κ3) is 5.96. The van der Waals surface area contributed by atoms with E-state index in [1.54, 1.807) is 24.3 Å². The van der Waals surface area contributed by atoms with Crippen molar-refractivity contribution in [2.24, 2.45) is 5.73 Å². The second-order valence-electron chi connectivity index (χ2n) is 7.79. The summed E-state index contributed by atoms with van der Waals surface area (Å²) < 4.78 is 47.0. The van der Waals surface area contributed by atoms with Gasteiger partial charge >= 0.3 is 12.1 Å². The van der Waals surface area contributed by atoms with Gasteiger partial charge in [-0.2, -0.15) is 18.2 Å². The van der Waals surface area contributed by atoms with E-state index in [0.29, 0.717) is 16.8 Å². The van der Waals surface area contributed by atoms with Gasteiger partial charge in [0.15, 0.2) is 0 Å². The van der Waals surface area contributed by atoms with Gasteiger partial charge in [-0.3, -0.25) is 9.78 Å². The van der Waals surface area contributed by atoms with Gasteiger partial charge in [0.2, 0.25) is 17.9 Å². The lowest BCUT2D eigenvalue weighted by atomic mass is 10.0. The fraction of sp³-hybridized carbons (Fsp3) is 0.167. The van der Waals surface area contributed by atoms with Crippen molar-refractivity contribution in [1.29, 1.82) is 0 Å². The summed E-state index contributed by atoms with van der Waals surface area (Å²) in [4.78, 5) is 23.8. The molecule has 8 nitrogen and oxygen atoms in total. The molecule has 3 aromatic heterocycles. The molecule has 36 heavy (non-hydrogen) atoms. The molecule has 0 aliphatic heterocycles. The van der Waals surface area contributed by atoms with Crippen molar-refractivity contribution in [2.45, 2.75) is 24.7 Å². The molecule has 186 valence electrons. The normalized spacial score (nSPS) is 13.2. The predicted octanol–water partition coefficient (Wildman–Crippen LogP) is 4.49. The summed E-state index contributed by atoms with van der Waals surface area (Å²) in [6.45, 7) is 0. The maximum absolute atomic E-state index is 13.9. The second-order valence-corrected chi connectivity index (χ2v) is 8.74. The minimum Gasteiger partial charge on any atom is -0.480 e. The van der Waals surface area contributed by atoms with E-state index in [4.69, 9.17) is 21.3 Å². The minimum absolute atomic E-state index is 0.114. The first-order valence-corrected chi connectivity index (χ1v) is 11.4. The van der Waals surface area contributed by atoms with Gasteiger partial charge in [-0.15, -0.1) is 11.3 Å². The summed E-state index contributed by atoms with van der Waals surface area (Å²) in [5.41, 5.74) is 13.1. The standard InChI is InChI=1S/C24H20F3N5O3S/c25-24(26,27)21(15-7-8-17(30-12-15)19-2-1-9-36-19)35-20-11-18(31-23(29)32-20)14-5-3-13(4-6-14)10-16(28)22(33)34/h1-9,11-12,16,21H,10,28H2,(H,33,34)(H2,29,31,32)/t16-,21?/m0/s1. The first kappa shape index (κ1) is 25.1. The Labute approximate surface area is 207 Å². The number of benzene rings is 1. The highest BCUT2D eigenvalue weighted by Crippen LogP contribution is 2.37. The summed E-state index contributed by atoms with van der Waals surface area (Å²) in [6, 6.07) is 13.2. The number of aliphatic carboxylic acids is 1. The van der Waals surface area contributed by atoms with Crippen LogP contribution in [0.4, 0.5) is 19.1 Å². The number of aromatic nitrogens is 3. The lowest BCUT2D eigenvalue weighted by Crippen LogP contribution is -2.32. The van der Waals surface area contributed by atoms with E-state index in [1.165, 1.54) is 29.5 Å². The van der Waals surface area contributed by atoms with Crippen LogP contribution in [0.5, 0.6) is 5.88 Å². The Bertz CT molecular complexity index is 1330. The number of nitrogens with two attached hydrogens (primary N) is 2. The zero-order chi connectivity index (χ0) is 25.9. The molecule has 3 heterocycles. The molecule has 0 fully saturated rings. The van der Waals surface area contributed by atoms with E-state index in [2.05, 4.69) is 15.0 Å². The molecule has 2 atom stereocenters. The maximum atomic E-state index is 13.9. The largest absolute Gasteiger partial charge is 0.480 e. The molecule has 4 rings (SSSR count). The van der Waals surface area contributed by atoms with Gasteiger partial charge < -0.3 is 21.3 Å². The van der Waals surface area contributed by atoms with E-state index in [1.807, 2.05) is 17.5 Å². The highest BCUT2D eigenvalue weighted by atomic mass is 32.1. The van der Waals surface area contributed by atoms with Crippen LogP contribution in [0, 0.1) is 0 Å². The Morgan fingerprint density at radius 1 is 1.08 bits per heavy atom. The Morgan fingerprint density at radius 3 is 2.42 bits per heavy atom. The van der Waals surface area contributed by atoms with Gasteiger partial charge in [0.05, 0.1) is 16.3 Å². The molecule has 0 spiro atoms. The van der Waals surface area contributed by atoms with Crippen LogP contribution in [0.3, 0.4) is 0 Å². The average Bonchev–Trinajstić information content (AvgIpc) is 3.37. The summed E-state index contributed by atoms with van der Waals surface area (Å²) in [5.74, 6) is -1.76. The number of ether oxygens (including phenoxy) is 1. The lowest BCUT2D eigenvalue weighted by molar-refractivity contribution is -0.198. The maximum Gasteiger partial charge on any atom is 0.429 e. The molecular formula is C24H20F3N5O3S. The van der Waals surface area contributed by atoms with Crippen molar-refractivity contribution in [3.05, 3.63) is 77.3 Å². The summed E-state index contributed by atoms with van der Waals surface area (Å²) in [7, 11) is 0. The molecule has 0 amide bonds. The van der Waals surface area contributed by atoms with E-state index in [-0.39, 0.29) is 29.5 Å². The third-order valence-corrected chi connectivity index (χ3v) is 6.03. The second kappa shape index (κ2) is 10.3. The Morgan fingerprint density at radius 2 is 1.83 bits per heavy atom. The number of halogens is 3. The van der Waals surface area contributed by atoms with Crippen LogP contribution in [0.1, 0.15) is 17.2 Å². The van der Waals surface area contributed by atoms with Gasteiger partial charge in [-0.25, -0.2) is 4.98 Å². The molecule has 1 aromatic carbocycles. The van der Waals surface area contributed by atoms with Crippen molar-refractivity contribution < 1.29 is 27.8 Å². The van der Waals surface area contributed by atoms with Gasteiger partial charge in [0, 0.05) is 23.4 Å². The number of pyridine rings is 1. The van der Waals surface area contributed by atoms with Gasteiger partial charge in [-0.05, 0) is 29.5 Å². The molecule has 4 aromatic rings. The minimum atomic E-state index is -4.75. The van der Waals surface area contributed by atoms with Crippen LogP contribution in [-0.2, 0) is 11.2 Å². The summed E-state index contributed by atoms with van der Waals surface area (Å²) in [5, 5.41) is 10.8. The Hall–Kier alpha value is -4.03. The van der Waals surface area contributed by atoms with Crippen molar-refractivity contribution >= 4 is 23.3 Å². The van der Waals surface area contributed by atoms with Crippen molar-refractivity contribution in [3.8, 4) is 27.7 Å². The van der Waals surface area contributed by atoms with Crippen molar-refractivity contribution in [1.82, 2.24) is 15.0 Å². The number of carboxylic acids is 1. The van der Waals surface area contributed by atoms with Crippen molar-refractivity contribution in [2.75, 3.05) is 5.73 Å². The van der Waals surface area contributed by atoms with Crippen molar-refractivity contribution in [3.63, 3.8) is 0 Å². The molecule has 0 saturated carbocycles. The Balaban J connectivity index is 1.58. The van der Waals surface area contributed by atoms with E-state index in [9.17, 15) is 18.0 Å². The Kier molecular flexibility index (Phi) is 7.17. The molecule has 0 radical (unpaired) electrons. The number of rotatable bonds is 8. The third-order valence-electron chi connectivity index (χ3n) is 5.14. The number of hydrogen-bond donors (Lipinski definition) is 3. The van der Waals surface area contributed by atoms with Crippen LogP contribution >= 0.6 is 11.3 Å². The fourth-order valence-corrected chi connectivity index (χ4v) is 4.08. The zero-order valence-electron chi connectivity index (χ0n) is 18.5. The average molecular weight is 516 g/mol. The van der Waals surface area contributed by atoms with E-state index < -0.39 is 24.3 Å². The van der Waals surface area contributed by atoms with Crippen LogP contribution in [-0.4, -0.2) is 38.2 Å². The number of carboxylic acid groups (broad SMARTS) is 1. The van der Waals surface area contributed by atoms with Gasteiger partial charge in [-0.1, -0.05) is 36.4 Å². The lowest BCUT2D eigenvalue weighted by Gasteiger charge is -2.21. The number of nitrogen functional groups attached to an aromatic ring is 1. The quantitative estimate of drug-likeness (QED) is 0.312. The fourth-order valence-electron chi connectivity index (χ4n) is 3.38. The van der Waals surface area contributed by atoms with Crippen LogP contribution < -0.4 is 16.2 Å². The molecule has 0 aliphatic carbocycles. The smallest absolute Gasteiger partial charge is 0.429 e. The number of alkyl halides is 3. The summed E-state index contributed by atoms with van der Waals surface area (Å²) >= 11 is 1.43. The number of anilines is 1. The van der Waals surface area contributed by atoms with Crippen LogP contribution in [0.15, 0.2) is 66.2 Å². The van der Waals surface area contributed by atoms with E-state index >= 15 is 0 Å². The number of nitrogens with zero attached hydrogens (tertiary/aromatic N) is 3. The summed E-state index contributed by atoms with van der Waals surface area (Å²) in [6.07, 6.45) is -5.84. The van der Waals surface area contributed by atoms with Crippen LogP contribution in [0.25, 0.3) is 21.8 Å². The molecular weight excluding hydrogens is 495 g/mol. The van der Waals surface area contributed by atoms with Gasteiger partial charge in [0.1, 0.15) is 6.04 Å². The monoisotopic (exact) mass is 515 g/mol. The number of thiophene rings is 1. The highest BCUT2D eigenvalue weighted by molar-refractivity contribution is 7.13. The van der Waals surface area contributed by atoms with E-state index in [0.717, 1.165) is 11.1 Å². The first-order chi connectivity index (χ1) is 17.1. The molecule has 12 heteroatoms. The molecule has 5 N–H and O–H groups in total. The number of hydrogen-bond acceptors (Lipinski definition) is 8.